The number of unbranched alkanes of at least 4 members (excludes halogenated alkanes) is 11. The number of phosphoric ester groups is 1. The van der Waals surface area contributed by atoms with Crippen LogP contribution in [0.25, 0.3) is 0 Å². The third-order valence-corrected chi connectivity index (χ3v) is 6.79. The van der Waals surface area contributed by atoms with Crippen LogP contribution < -0.4 is 14.8 Å². The molecule has 0 aliphatic carbocycles. The van der Waals surface area contributed by atoms with Crippen LogP contribution in [-0.2, 0) is 29.6 Å². The standard InChI is InChI=1S/C26H47N2O7P/c1-3-4-5-6-7-8-9-10-11-12-13-15-18-27-26(29)33-23-25(32-2)24-35-36(30,31)34-22-21-28-19-16-14-17-20-28/h14,16-17,19-20,25H,3-13,15,18,21-24H2,1-2H3,(H-,27,29,30,31). The first-order chi connectivity index (χ1) is 17.5. The van der Waals surface area contributed by atoms with Gasteiger partial charge in [0.2, 0.25) is 0 Å². The highest BCUT2D eigenvalue weighted by Gasteiger charge is 2.17. The van der Waals surface area contributed by atoms with Crippen molar-refractivity contribution in [1.82, 2.24) is 5.32 Å². The number of hydrogen-bond acceptors (Lipinski definition) is 7. The van der Waals surface area contributed by atoms with Crippen molar-refractivity contribution in [2.24, 2.45) is 0 Å². The van der Waals surface area contributed by atoms with Gasteiger partial charge in [-0.05, 0) is 6.42 Å². The number of aromatic nitrogens is 1. The molecule has 36 heavy (non-hydrogen) atoms. The highest BCUT2D eigenvalue weighted by atomic mass is 31.2. The Hall–Kier alpha value is -1.51. The molecule has 1 aromatic heterocycles. The van der Waals surface area contributed by atoms with Gasteiger partial charge in [0.05, 0.1) is 6.61 Å². The Labute approximate surface area is 217 Å². The minimum absolute atomic E-state index is 0.0505. The summed E-state index contributed by atoms with van der Waals surface area (Å²) in [4.78, 5) is 23.8. The largest absolute Gasteiger partial charge is 0.756 e. The van der Waals surface area contributed by atoms with E-state index in [0.29, 0.717) is 13.1 Å². The van der Waals surface area contributed by atoms with Crippen LogP contribution in [0.3, 0.4) is 0 Å². The summed E-state index contributed by atoms with van der Waals surface area (Å²) in [5.41, 5.74) is 0. The van der Waals surface area contributed by atoms with Gasteiger partial charge in [-0.25, -0.2) is 9.36 Å². The zero-order chi connectivity index (χ0) is 26.3. The van der Waals surface area contributed by atoms with Gasteiger partial charge in [0.15, 0.2) is 18.9 Å². The lowest BCUT2D eigenvalue weighted by Gasteiger charge is -2.24. The summed E-state index contributed by atoms with van der Waals surface area (Å²) in [5.74, 6) is 0. The van der Waals surface area contributed by atoms with E-state index < -0.39 is 20.0 Å². The maximum atomic E-state index is 11.9. The molecule has 1 rings (SSSR count). The van der Waals surface area contributed by atoms with Gasteiger partial charge in [0, 0.05) is 25.8 Å². The quantitative estimate of drug-likeness (QED) is 0.121. The second-order valence-corrected chi connectivity index (χ2v) is 10.4. The van der Waals surface area contributed by atoms with Gasteiger partial charge in [-0.2, -0.15) is 0 Å². The molecule has 1 N–H and O–H groups in total. The fourth-order valence-electron chi connectivity index (χ4n) is 3.61. The van der Waals surface area contributed by atoms with Crippen molar-refractivity contribution in [2.75, 3.05) is 33.5 Å². The molecule has 0 radical (unpaired) electrons. The number of nitrogens with zero attached hydrogens (tertiary/aromatic N) is 1. The number of ether oxygens (including phenoxy) is 2. The number of carbonyl (C=O) groups is 1. The van der Waals surface area contributed by atoms with Gasteiger partial charge in [-0.1, -0.05) is 83.6 Å². The molecule has 2 atom stereocenters. The third-order valence-electron chi connectivity index (χ3n) is 5.83. The average molecular weight is 531 g/mol. The Morgan fingerprint density at radius 1 is 0.889 bits per heavy atom. The first-order valence-corrected chi connectivity index (χ1v) is 14.9. The fourth-order valence-corrected chi connectivity index (χ4v) is 4.34. The Balaban J connectivity index is 2.01. The van der Waals surface area contributed by atoms with Crippen LogP contribution in [0.15, 0.2) is 30.6 Å². The van der Waals surface area contributed by atoms with E-state index in [-0.39, 0.29) is 19.8 Å². The van der Waals surface area contributed by atoms with Crippen LogP contribution in [0.4, 0.5) is 4.79 Å². The second kappa shape index (κ2) is 21.6. The smallest absolute Gasteiger partial charge is 0.407 e. The van der Waals surface area contributed by atoms with Crippen LogP contribution in [0.1, 0.15) is 84.0 Å². The molecule has 2 unspecified atom stereocenters. The molecular formula is C26H47N2O7P. The SMILES string of the molecule is CCCCCCCCCCCCCCNC(=O)OCC(COP(=O)([O-])OCC[n+]1ccccc1)OC. The molecule has 0 aromatic carbocycles. The Morgan fingerprint density at radius 2 is 1.47 bits per heavy atom. The minimum atomic E-state index is -4.49. The maximum Gasteiger partial charge on any atom is 0.407 e. The van der Waals surface area contributed by atoms with Crippen molar-refractivity contribution in [3.8, 4) is 0 Å². The monoisotopic (exact) mass is 530 g/mol. The number of amides is 1. The first-order valence-electron chi connectivity index (χ1n) is 13.4. The Morgan fingerprint density at radius 3 is 2.06 bits per heavy atom. The van der Waals surface area contributed by atoms with Gasteiger partial charge in [0.25, 0.3) is 7.82 Å². The third kappa shape index (κ3) is 18.7. The van der Waals surface area contributed by atoms with Gasteiger partial charge in [-0.3, -0.25) is 4.57 Å². The average Bonchev–Trinajstić information content (AvgIpc) is 2.87. The molecule has 0 fully saturated rings. The number of carbonyl (C=O) groups excluding carboxylic acids is 1. The molecule has 1 heterocycles. The molecule has 208 valence electrons. The summed E-state index contributed by atoms with van der Waals surface area (Å²) in [5, 5.41) is 2.71. The van der Waals surface area contributed by atoms with E-state index in [1.54, 1.807) is 17.0 Å². The molecule has 0 aliphatic rings. The van der Waals surface area contributed by atoms with Gasteiger partial charge < -0.3 is 28.7 Å². The van der Waals surface area contributed by atoms with Crippen molar-refractivity contribution < 1.29 is 37.3 Å². The lowest BCUT2D eigenvalue weighted by Crippen LogP contribution is -2.35. The number of pyridine rings is 1. The zero-order valence-corrected chi connectivity index (χ0v) is 23.1. The molecule has 10 heteroatoms. The molecule has 0 bridgehead atoms. The zero-order valence-electron chi connectivity index (χ0n) is 22.2. The van der Waals surface area contributed by atoms with Gasteiger partial charge in [-0.15, -0.1) is 0 Å². The van der Waals surface area contributed by atoms with Crippen molar-refractivity contribution >= 4 is 13.9 Å². The molecule has 0 saturated heterocycles. The summed E-state index contributed by atoms with van der Waals surface area (Å²) < 4.78 is 33.7. The van der Waals surface area contributed by atoms with Crippen LogP contribution in [-0.4, -0.2) is 45.7 Å². The number of hydrogen-bond donors (Lipinski definition) is 1. The van der Waals surface area contributed by atoms with E-state index in [4.69, 9.17) is 18.5 Å². The van der Waals surface area contributed by atoms with Crippen molar-refractivity contribution in [1.29, 1.82) is 0 Å². The van der Waals surface area contributed by atoms with Crippen molar-refractivity contribution in [2.45, 2.75) is 96.6 Å². The number of methoxy groups -OCH3 is 1. The normalized spacial score (nSPS) is 13.8. The highest BCUT2D eigenvalue weighted by Crippen LogP contribution is 2.38. The maximum absolute atomic E-state index is 11.9. The van der Waals surface area contributed by atoms with E-state index in [2.05, 4.69) is 12.2 Å². The first kappa shape index (κ1) is 32.5. The minimum Gasteiger partial charge on any atom is -0.756 e. The molecule has 1 amide bonds. The van der Waals surface area contributed by atoms with E-state index in [9.17, 15) is 14.3 Å². The number of alkyl carbamates (subject to hydrolysis) is 1. The van der Waals surface area contributed by atoms with Crippen LogP contribution in [0.2, 0.25) is 0 Å². The van der Waals surface area contributed by atoms with Crippen LogP contribution in [0, 0.1) is 0 Å². The van der Waals surface area contributed by atoms with Crippen molar-refractivity contribution in [3.05, 3.63) is 30.6 Å². The van der Waals surface area contributed by atoms with Gasteiger partial charge >= 0.3 is 6.09 Å². The lowest BCUT2D eigenvalue weighted by molar-refractivity contribution is -0.697. The van der Waals surface area contributed by atoms with E-state index in [0.717, 1.165) is 12.8 Å². The highest BCUT2D eigenvalue weighted by molar-refractivity contribution is 7.45. The second-order valence-electron chi connectivity index (χ2n) is 8.96. The molecule has 1 aromatic rings. The molecule has 0 aliphatic heterocycles. The summed E-state index contributed by atoms with van der Waals surface area (Å²) in [6.45, 7) is 2.68. The van der Waals surface area contributed by atoms with E-state index in [1.165, 1.54) is 71.3 Å². The fraction of sp³-hybridized carbons (Fsp3) is 0.769. The number of nitrogens with one attached hydrogen (secondary N) is 1. The summed E-state index contributed by atoms with van der Waals surface area (Å²) in [7, 11) is -3.09. The molecular weight excluding hydrogens is 483 g/mol. The topological polar surface area (TPSA) is 110 Å². The Bertz CT molecular complexity index is 709. The summed E-state index contributed by atoms with van der Waals surface area (Å²) >= 11 is 0. The van der Waals surface area contributed by atoms with Crippen LogP contribution in [0.5, 0.6) is 0 Å². The summed E-state index contributed by atoms with van der Waals surface area (Å²) in [6.07, 6.45) is 17.5. The van der Waals surface area contributed by atoms with Gasteiger partial charge in [0.1, 0.15) is 19.3 Å². The predicted molar refractivity (Wildman–Crippen MR) is 137 cm³/mol. The molecule has 0 spiro atoms. The van der Waals surface area contributed by atoms with Crippen molar-refractivity contribution in [3.63, 3.8) is 0 Å². The number of rotatable bonds is 23. The van der Waals surface area contributed by atoms with Crippen LogP contribution >= 0.6 is 7.82 Å². The molecule has 9 nitrogen and oxygen atoms in total. The lowest BCUT2D eigenvalue weighted by atomic mass is 10.1. The predicted octanol–water partition coefficient (Wildman–Crippen LogP) is 4.92. The molecule has 0 saturated carbocycles. The van der Waals surface area contributed by atoms with E-state index >= 15 is 0 Å². The number of phosphoric acid groups is 1. The Kier molecular flexibility index (Phi) is 19.5. The van der Waals surface area contributed by atoms with E-state index in [1.807, 2.05) is 18.2 Å². The summed E-state index contributed by atoms with van der Waals surface area (Å²) in [6, 6.07) is 5.54.